The van der Waals surface area contributed by atoms with Crippen LogP contribution in [-0.4, -0.2) is 78.4 Å². The average molecular weight is 521 g/mol. The van der Waals surface area contributed by atoms with E-state index in [1.165, 1.54) is 14.0 Å². The van der Waals surface area contributed by atoms with Gasteiger partial charge in [0.1, 0.15) is 18.5 Å². The highest BCUT2D eigenvalue weighted by Gasteiger charge is 2.52. The number of benzene rings is 1. The molecule has 0 spiro atoms. The van der Waals surface area contributed by atoms with E-state index in [-0.39, 0.29) is 18.5 Å². The van der Waals surface area contributed by atoms with Crippen LogP contribution >= 0.6 is 0 Å². The molecule has 0 unspecified atom stereocenters. The highest BCUT2D eigenvalue weighted by atomic mass is 16.7. The zero-order valence-electron chi connectivity index (χ0n) is 20.8. The van der Waals surface area contributed by atoms with E-state index < -0.39 is 54.5 Å². The number of rotatable bonds is 9. The zero-order chi connectivity index (χ0) is 27.1. The molecule has 1 N–H and O–H groups in total. The Morgan fingerprint density at radius 1 is 0.838 bits per heavy atom. The van der Waals surface area contributed by atoms with Gasteiger partial charge in [0.05, 0.1) is 7.11 Å². The first kappa shape index (κ1) is 27.4. The van der Waals surface area contributed by atoms with E-state index in [2.05, 4.69) is 15.5 Å². The number of nitrogens with zero attached hydrogens (tertiary/aromatic N) is 2. The molecular formula is C23H27N3O11. The molecule has 2 aromatic rings. The second-order valence-corrected chi connectivity index (χ2v) is 7.91. The van der Waals surface area contributed by atoms with Gasteiger partial charge in [-0.1, -0.05) is 5.10 Å². The maximum atomic E-state index is 11.9. The number of methoxy groups -OCH3 is 1. The fraction of sp³-hybridized carbons (Fsp3) is 0.478. The van der Waals surface area contributed by atoms with Crippen LogP contribution in [0.15, 0.2) is 28.7 Å². The Kier molecular flexibility index (Phi) is 9.00. The number of anilines is 1. The van der Waals surface area contributed by atoms with Crippen molar-refractivity contribution in [2.75, 3.05) is 19.0 Å². The molecule has 2 heterocycles. The molecular weight excluding hydrogens is 494 g/mol. The lowest BCUT2D eigenvalue weighted by molar-refractivity contribution is -0.247. The van der Waals surface area contributed by atoms with Crippen molar-refractivity contribution in [2.24, 2.45) is 0 Å². The van der Waals surface area contributed by atoms with Crippen molar-refractivity contribution in [3.8, 4) is 17.2 Å². The lowest BCUT2D eigenvalue weighted by Crippen LogP contribution is -2.64. The molecule has 0 aliphatic carbocycles. The third-order valence-corrected chi connectivity index (χ3v) is 5.02. The predicted molar refractivity (Wildman–Crippen MR) is 122 cm³/mol. The van der Waals surface area contributed by atoms with Crippen molar-refractivity contribution in [1.29, 1.82) is 0 Å². The van der Waals surface area contributed by atoms with Crippen LogP contribution in [0.2, 0.25) is 0 Å². The normalized spacial score (nSPS) is 22.9. The number of nitrogens with one attached hydrogen (secondary N) is 1. The number of ether oxygens (including phenoxy) is 6. The molecule has 37 heavy (non-hydrogen) atoms. The Hall–Kier alpha value is -4.20. The molecule has 1 saturated heterocycles. The van der Waals surface area contributed by atoms with E-state index in [0.717, 1.165) is 20.8 Å². The van der Waals surface area contributed by atoms with Gasteiger partial charge in [-0.05, 0) is 24.3 Å². The van der Waals surface area contributed by atoms with Gasteiger partial charge in [0.15, 0.2) is 24.5 Å². The molecule has 0 amide bonds. The first-order valence-electron chi connectivity index (χ1n) is 11.1. The van der Waals surface area contributed by atoms with Crippen molar-refractivity contribution in [2.45, 2.75) is 58.3 Å². The molecule has 1 aromatic carbocycles. The number of esters is 4. The van der Waals surface area contributed by atoms with Crippen LogP contribution < -0.4 is 10.1 Å². The fourth-order valence-electron chi connectivity index (χ4n) is 3.60. The number of carbonyl (C=O) groups excluding carboxylic acids is 4. The topological polar surface area (TPSA) is 175 Å². The molecule has 14 heteroatoms. The Morgan fingerprint density at radius 2 is 1.43 bits per heavy atom. The molecule has 200 valence electrons. The highest BCUT2D eigenvalue weighted by Crippen LogP contribution is 2.31. The molecule has 0 saturated carbocycles. The average Bonchev–Trinajstić information content (AvgIpc) is 3.29. The monoisotopic (exact) mass is 521 g/mol. The smallest absolute Gasteiger partial charge is 0.317 e. The van der Waals surface area contributed by atoms with Crippen LogP contribution in [0.1, 0.15) is 27.7 Å². The summed E-state index contributed by atoms with van der Waals surface area (Å²) in [6.07, 6.45) is -6.30. The van der Waals surface area contributed by atoms with E-state index in [0.29, 0.717) is 11.3 Å². The lowest BCUT2D eigenvalue weighted by atomic mass is 9.97. The standard InChI is InChI=1S/C23H27N3O11/c1-11(27)32-10-17-18(33-12(2)28)19(34-13(3)29)20(35-14(4)30)22(36-17)24-23-26-25-21(37-23)15-6-8-16(31-5)9-7-15/h6-9,17-20,22H,10H2,1-5H3,(H,24,26)/t17-,18+,19-,20-,22-/m1/s1. The first-order valence-corrected chi connectivity index (χ1v) is 11.1. The van der Waals surface area contributed by atoms with E-state index >= 15 is 0 Å². The molecule has 0 bridgehead atoms. The molecule has 1 aromatic heterocycles. The summed E-state index contributed by atoms with van der Waals surface area (Å²) in [5.41, 5.74) is 0.600. The second-order valence-electron chi connectivity index (χ2n) is 7.91. The Morgan fingerprint density at radius 3 is 2.00 bits per heavy atom. The zero-order valence-corrected chi connectivity index (χ0v) is 20.8. The van der Waals surface area contributed by atoms with Gasteiger partial charge >= 0.3 is 29.9 Å². The first-order chi connectivity index (χ1) is 17.6. The van der Waals surface area contributed by atoms with Crippen molar-refractivity contribution in [1.82, 2.24) is 10.2 Å². The number of aromatic nitrogens is 2. The number of hydrogen-bond donors (Lipinski definition) is 1. The molecule has 14 nitrogen and oxygen atoms in total. The summed E-state index contributed by atoms with van der Waals surface area (Å²) in [7, 11) is 1.54. The summed E-state index contributed by atoms with van der Waals surface area (Å²) in [4.78, 5) is 47.1. The predicted octanol–water partition coefficient (Wildman–Crippen LogP) is 1.24. The van der Waals surface area contributed by atoms with Gasteiger partial charge in [0, 0.05) is 33.3 Å². The summed E-state index contributed by atoms with van der Waals surface area (Å²) in [6, 6.07) is 6.74. The molecule has 1 aliphatic rings. The van der Waals surface area contributed by atoms with Crippen LogP contribution in [0.25, 0.3) is 11.5 Å². The van der Waals surface area contributed by atoms with Gasteiger partial charge < -0.3 is 38.2 Å². The van der Waals surface area contributed by atoms with Crippen LogP contribution in [0, 0.1) is 0 Å². The molecule has 3 rings (SSSR count). The Bertz CT molecular complexity index is 1120. The van der Waals surface area contributed by atoms with Crippen LogP contribution in [0.3, 0.4) is 0 Å². The highest BCUT2D eigenvalue weighted by molar-refractivity contribution is 5.69. The minimum absolute atomic E-state index is 0.119. The van der Waals surface area contributed by atoms with Crippen molar-refractivity contribution >= 4 is 29.9 Å². The summed E-state index contributed by atoms with van der Waals surface area (Å²) < 4.78 is 37.9. The van der Waals surface area contributed by atoms with Gasteiger partial charge in [-0.3, -0.25) is 19.2 Å². The third-order valence-electron chi connectivity index (χ3n) is 5.02. The van der Waals surface area contributed by atoms with E-state index in [4.69, 9.17) is 32.8 Å². The number of carbonyl (C=O) groups is 4. The van der Waals surface area contributed by atoms with Gasteiger partial charge in [-0.15, -0.1) is 5.10 Å². The largest absolute Gasteiger partial charge is 0.497 e. The van der Waals surface area contributed by atoms with Crippen molar-refractivity contribution in [3.05, 3.63) is 24.3 Å². The van der Waals surface area contributed by atoms with Crippen LogP contribution in [-0.2, 0) is 42.9 Å². The molecule has 0 radical (unpaired) electrons. The van der Waals surface area contributed by atoms with E-state index in [9.17, 15) is 19.2 Å². The fourth-order valence-corrected chi connectivity index (χ4v) is 3.60. The van der Waals surface area contributed by atoms with E-state index in [1.54, 1.807) is 24.3 Å². The van der Waals surface area contributed by atoms with Crippen molar-refractivity contribution in [3.63, 3.8) is 0 Å². The quantitative estimate of drug-likeness (QED) is 0.368. The van der Waals surface area contributed by atoms with E-state index in [1.807, 2.05) is 0 Å². The van der Waals surface area contributed by atoms with Crippen molar-refractivity contribution < 1.29 is 52.0 Å². The SMILES string of the molecule is COc1ccc(-c2nnc(N[C@@H]3O[C@H](COC(C)=O)[C@H](OC(C)=O)[C@@H](OC(C)=O)[C@H]3OC(C)=O)o2)cc1. The Balaban J connectivity index is 1.92. The molecule has 5 atom stereocenters. The number of hydrogen-bond acceptors (Lipinski definition) is 14. The molecule has 1 fully saturated rings. The van der Waals surface area contributed by atoms with Gasteiger partial charge in [-0.25, -0.2) is 0 Å². The second kappa shape index (κ2) is 12.2. The minimum atomic E-state index is -1.33. The minimum Gasteiger partial charge on any atom is -0.497 e. The molecule has 1 aliphatic heterocycles. The van der Waals surface area contributed by atoms with Gasteiger partial charge in [0.25, 0.3) is 0 Å². The maximum absolute atomic E-state index is 11.9. The van der Waals surface area contributed by atoms with Crippen LogP contribution in [0.4, 0.5) is 6.01 Å². The maximum Gasteiger partial charge on any atom is 0.317 e. The Labute approximate surface area is 211 Å². The van der Waals surface area contributed by atoms with Crippen LogP contribution in [0.5, 0.6) is 5.75 Å². The lowest BCUT2D eigenvalue weighted by Gasteiger charge is -2.44. The van der Waals surface area contributed by atoms with Gasteiger partial charge in [0.2, 0.25) is 5.89 Å². The van der Waals surface area contributed by atoms with Gasteiger partial charge in [-0.2, -0.15) is 0 Å². The summed E-state index contributed by atoms with van der Waals surface area (Å²) in [5, 5.41) is 10.7. The third kappa shape index (κ3) is 7.39. The summed E-state index contributed by atoms with van der Waals surface area (Å²) in [5.74, 6) is -2.03. The summed E-state index contributed by atoms with van der Waals surface area (Å²) in [6.45, 7) is 4.23. The summed E-state index contributed by atoms with van der Waals surface area (Å²) >= 11 is 0.